The molecule has 0 saturated heterocycles. The van der Waals surface area contributed by atoms with Crippen molar-refractivity contribution < 1.29 is 21.8 Å². The lowest BCUT2D eigenvalue weighted by Crippen LogP contribution is -2.23. The van der Waals surface area contributed by atoms with E-state index in [0.29, 0.717) is 5.69 Å². The van der Waals surface area contributed by atoms with Crippen molar-refractivity contribution in [3.63, 3.8) is 0 Å². The van der Waals surface area contributed by atoms with Crippen LogP contribution in [0.3, 0.4) is 0 Å². The third-order valence-corrected chi connectivity index (χ3v) is 2.81. The summed E-state index contributed by atoms with van der Waals surface area (Å²) < 4.78 is 58.6. The topological polar surface area (TPSA) is 29.1 Å². The lowest BCUT2D eigenvalue weighted by Gasteiger charge is -2.08. The average molecular weight is 255 g/mol. The average Bonchev–Trinajstić information content (AvgIpc) is 2.19. The highest BCUT2D eigenvalue weighted by molar-refractivity contribution is 7.85. The fourth-order valence-corrected chi connectivity index (χ4v) is 1.49. The maximum atomic E-state index is 12.5. The molecule has 7 heteroatoms. The highest BCUT2D eigenvalue weighted by Gasteiger charge is 2.35. The fourth-order valence-electron chi connectivity index (χ4n) is 0.972. The van der Waals surface area contributed by atoms with Gasteiger partial charge < -0.3 is 5.32 Å². The van der Waals surface area contributed by atoms with Crippen LogP contribution in [0.25, 0.3) is 0 Å². The number of halogens is 4. The Kier molecular flexibility index (Phi) is 4.28. The number of benzene rings is 1. The minimum atomic E-state index is -4.68. The van der Waals surface area contributed by atoms with E-state index in [2.05, 4.69) is 5.32 Å². The number of rotatable bonds is 4. The molecule has 0 amide bonds. The molecule has 16 heavy (non-hydrogen) atoms. The van der Waals surface area contributed by atoms with Gasteiger partial charge in [-0.05, 0) is 24.3 Å². The molecule has 0 saturated carbocycles. The highest BCUT2D eigenvalue weighted by atomic mass is 32.2. The van der Waals surface area contributed by atoms with Crippen molar-refractivity contribution in [1.82, 2.24) is 0 Å². The van der Waals surface area contributed by atoms with Crippen molar-refractivity contribution in [3.05, 3.63) is 30.1 Å². The van der Waals surface area contributed by atoms with Crippen LogP contribution in [0.2, 0.25) is 0 Å². The van der Waals surface area contributed by atoms with Gasteiger partial charge in [0, 0.05) is 18.0 Å². The van der Waals surface area contributed by atoms with Crippen LogP contribution in [-0.2, 0) is 10.8 Å². The second-order valence-corrected chi connectivity index (χ2v) is 4.49. The zero-order valence-corrected chi connectivity index (χ0v) is 8.87. The summed E-state index contributed by atoms with van der Waals surface area (Å²) in [5, 5.41) is 2.62. The van der Waals surface area contributed by atoms with Gasteiger partial charge in [0.15, 0.2) is 0 Å². The van der Waals surface area contributed by atoms with Gasteiger partial charge in [0.1, 0.15) is 16.6 Å². The molecule has 0 bridgehead atoms. The van der Waals surface area contributed by atoms with E-state index < -0.39 is 27.9 Å². The summed E-state index contributed by atoms with van der Waals surface area (Å²) in [5.74, 6) is -0.953. The number of hydrogen-bond acceptors (Lipinski definition) is 2. The molecule has 0 aliphatic rings. The number of nitrogens with one attached hydrogen (secondary N) is 1. The summed E-state index contributed by atoms with van der Waals surface area (Å²) in [6.45, 7) is -0.0856. The molecule has 0 fully saturated rings. The first-order chi connectivity index (χ1) is 7.39. The molecule has 0 aliphatic heterocycles. The summed E-state index contributed by atoms with van der Waals surface area (Å²) in [6.07, 6.45) is 0. The Morgan fingerprint density at radius 2 is 1.75 bits per heavy atom. The summed E-state index contributed by atoms with van der Waals surface area (Å²) in [6, 6.07) is 5.16. The molecule has 1 rings (SSSR count). The molecular weight excluding hydrogens is 246 g/mol. The first-order valence-corrected chi connectivity index (χ1v) is 5.66. The van der Waals surface area contributed by atoms with E-state index in [9.17, 15) is 21.8 Å². The van der Waals surface area contributed by atoms with E-state index >= 15 is 0 Å². The number of anilines is 1. The summed E-state index contributed by atoms with van der Waals surface area (Å²) >= 11 is 0. The molecule has 90 valence electrons. The van der Waals surface area contributed by atoms with E-state index in [4.69, 9.17) is 0 Å². The van der Waals surface area contributed by atoms with E-state index in [1.54, 1.807) is 0 Å². The Morgan fingerprint density at radius 1 is 1.19 bits per heavy atom. The predicted octanol–water partition coefficient (Wildman–Crippen LogP) is 2.51. The van der Waals surface area contributed by atoms with E-state index in [1.165, 1.54) is 24.3 Å². The molecule has 1 aromatic rings. The molecule has 1 aromatic carbocycles. The van der Waals surface area contributed by atoms with Gasteiger partial charge in [-0.1, -0.05) is 0 Å². The first-order valence-electron chi connectivity index (χ1n) is 4.34. The fraction of sp³-hybridized carbons (Fsp3) is 0.333. The second kappa shape index (κ2) is 5.29. The zero-order chi connectivity index (χ0) is 12.2. The van der Waals surface area contributed by atoms with Gasteiger partial charge in [-0.25, -0.2) is 4.39 Å². The number of alkyl halides is 3. The van der Waals surface area contributed by atoms with Crippen LogP contribution in [0.5, 0.6) is 0 Å². The van der Waals surface area contributed by atoms with Crippen molar-refractivity contribution in [1.29, 1.82) is 0 Å². The molecule has 1 unspecified atom stereocenters. The minimum absolute atomic E-state index is 0.0856. The number of hydrogen-bond donors (Lipinski definition) is 1. The largest absolute Gasteiger partial charge is 0.471 e. The summed E-state index contributed by atoms with van der Waals surface area (Å²) in [5.41, 5.74) is -4.19. The second-order valence-electron chi connectivity index (χ2n) is 2.93. The Morgan fingerprint density at radius 3 is 2.25 bits per heavy atom. The Hall–Kier alpha value is -1.11. The third kappa shape index (κ3) is 4.18. The summed E-state index contributed by atoms with van der Waals surface area (Å²) in [4.78, 5) is 0. The molecular formula is C9H9F4NOS. The molecule has 2 nitrogen and oxygen atoms in total. The van der Waals surface area contributed by atoms with Crippen LogP contribution in [0, 0.1) is 5.82 Å². The van der Waals surface area contributed by atoms with Crippen molar-refractivity contribution in [3.8, 4) is 0 Å². The van der Waals surface area contributed by atoms with Crippen LogP contribution in [0.15, 0.2) is 24.3 Å². The standard InChI is InChI=1S/C9H9F4NOS/c10-7-1-3-8(4-2-7)14-5-6-16(15)9(11,12)13/h1-4,14H,5-6H2. The van der Waals surface area contributed by atoms with Crippen molar-refractivity contribution in [2.45, 2.75) is 5.51 Å². The zero-order valence-electron chi connectivity index (χ0n) is 8.05. The lowest BCUT2D eigenvalue weighted by atomic mass is 10.3. The van der Waals surface area contributed by atoms with Gasteiger partial charge >= 0.3 is 5.51 Å². The Bertz CT molecular complexity index is 363. The molecule has 0 heterocycles. The van der Waals surface area contributed by atoms with Crippen LogP contribution in [0.1, 0.15) is 0 Å². The van der Waals surface area contributed by atoms with Crippen LogP contribution in [0.4, 0.5) is 23.2 Å². The maximum Gasteiger partial charge on any atom is 0.471 e. The van der Waals surface area contributed by atoms with Gasteiger partial charge in [0.25, 0.3) is 0 Å². The van der Waals surface area contributed by atoms with Gasteiger partial charge in [0.2, 0.25) is 0 Å². The van der Waals surface area contributed by atoms with Crippen molar-refractivity contribution in [2.24, 2.45) is 0 Å². The van der Waals surface area contributed by atoms with Gasteiger partial charge in [-0.15, -0.1) is 0 Å². The Balaban J connectivity index is 2.36. The Labute approximate surface area is 92.1 Å². The minimum Gasteiger partial charge on any atom is -0.384 e. The lowest BCUT2D eigenvalue weighted by molar-refractivity contribution is -0.0383. The van der Waals surface area contributed by atoms with Crippen molar-refractivity contribution in [2.75, 3.05) is 17.6 Å². The highest BCUT2D eigenvalue weighted by Crippen LogP contribution is 2.19. The van der Waals surface area contributed by atoms with Gasteiger partial charge in [-0.3, -0.25) is 4.21 Å². The molecule has 0 aliphatic carbocycles. The molecule has 1 atom stereocenters. The molecule has 0 spiro atoms. The SMILES string of the molecule is O=S(CCNc1ccc(F)cc1)C(F)(F)F. The maximum absolute atomic E-state index is 12.5. The van der Waals surface area contributed by atoms with Gasteiger partial charge in [0.05, 0.1) is 0 Å². The van der Waals surface area contributed by atoms with E-state index in [0.717, 1.165) is 0 Å². The monoisotopic (exact) mass is 255 g/mol. The smallest absolute Gasteiger partial charge is 0.384 e. The predicted molar refractivity (Wildman–Crippen MR) is 54.0 cm³/mol. The summed E-state index contributed by atoms with van der Waals surface area (Å²) in [7, 11) is -2.85. The van der Waals surface area contributed by atoms with Crippen LogP contribution >= 0.6 is 0 Å². The van der Waals surface area contributed by atoms with Crippen LogP contribution in [-0.4, -0.2) is 22.0 Å². The molecule has 0 radical (unpaired) electrons. The molecule has 0 aromatic heterocycles. The first kappa shape index (κ1) is 13.0. The normalized spacial score (nSPS) is 13.5. The molecule has 1 N–H and O–H groups in total. The van der Waals surface area contributed by atoms with Gasteiger partial charge in [-0.2, -0.15) is 13.2 Å². The van der Waals surface area contributed by atoms with E-state index in [1.807, 2.05) is 0 Å². The van der Waals surface area contributed by atoms with E-state index in [-0.39, 0.29) is 6.54 Å². The third-order valence-electron chi connectivity index (χ3n) is 1.72. The quantitative estimate of drug-likeness (QED) is 0.837. The van der Waals surface area contributed by atoms with Crippen molar-refractivity contribution >= 4 is 16.5 Å². The van der Waals surface area contributed by atoms with Crippen LogP contribution < -0.4 is 5.32 Å².